The van der Waals surface area contributed by atoms with Crippen molar-refractivity contribution in [2.45, 2.75) is 156 Å². The summed E-state index contributed by atoms with van der Waals surface area (Å²) in [6.45, 7) is 14.7. The van der Waals surface area contributed by atoms with Gasteiger partial charge in [-0.3, -0.25) is 4.79 Å². The number of fused-ring (bicyclic) bond motifs is 1. The molecule has 2 aromatic rings. The standard InChI is InChI=1S/C39H63N3O5/c1-8-9-10-11-12-13-14-15-16-21-26-41-28-32-30-23-18-17-22-29(30)27-31(34(32)36(44)46-38(2,3)4)35(43)33(24-19-20-25-40)42-37(45)47-39(5,6)7/h17-18,22-23,27,33,41H,8-16,19-21,24-26,28,40H2,1-7H3,(H,42,45)/t33-/m0/s1. The van der Waals surface area contributed by atoms with Gasteiger partial charge < -0.3 is 25.8 Å². The van der Waals surface area contributed by atoms with E-state index in [1.165, 1.54) is 51.4 Å². The summed E-state index contributed by atoms with van der Waals surface area (Å²) in [5.74, 6) is -0.907. The van der Waals surface area contributed by atoms with Crippen LogP contribution in [0.5, 0.6) is 0 Å². The molecule has 0 heterocycles. The van der Waals surface area contributed by atoms with Crippen molar-refractivity contribution in [3.05, 3.63) is 47.0 Å². The number of amides is 1. The molecule has 0 saturated heterocycles. The predicted octanol–water partition coefficient (Wildman–Crippen LogP) is 9.01. The number of ketones is 1. The molecule has 0 aliphatic carbocycles. The monoisotopic (exact) mass is 653 g/mol. The minimum atomic E-state index is -0.897. The Morgan fingerprint density at radius 1 is 0.787 bits per heavy atom. The Labute approximate surface area is 284 Å². The highest BCUT2D eigenvalue weighted by Crippen LogP contribution is 2.30. The molecular weight excluding hydrogens is 590 g/mol. The molecule has 2 aromatic carbocycles. The lowest BCUT2D eigenvalue weighted by molar-refractivity contribution is 0.00664. The number of ether oxygens (including phenoxy) is 2. The van der Waals surface area contributed by atoms with Gasteiger partial charge in [-0.2, -0.15) is 0 Å². The second-order valence-corrected chi connectivity index (χ2v) is 14.7. The molecule has 0 aromatic heterocycles. The topological polar surface area (TPSA) is 120 Å². The van der Waals surface area contributed by atoms with Gasteiger partial charge in [-0.1, -0.05) is 89.0 Å². The van der Waals surface area contributed by atoms with Gasteiger partial charge in [0.15, 0.2) is 5.78 Å². The summed E-state index contributed by atoms with van der Waals surface area (Å²) in [5, 5.41) is 8.07. The zero-order chi connectivity index (χ0) is 34.9. The molecule has 2 rings (SSSR count). The molecular formula is C39H63N3O5. The van der Waals surface area contributed by atoms with Crippen LogP contribution in [0.4, 0.5) is 4.79 Å². The van der Waals surface area contributed by atoms with E-state index in [9.17, 15) is 14.4 Å². The smallest absolute Gasteiger partial charge is 0.408 e. The van der Waals surface area contributed by atoms with Crippen LogP contribution in [0.15, 0.2) is 30.3 Å². The number of Topliss-reactive ketones (excluding diaryl/α,β-unsaturated/α-hetero) is 1. The van der Waals surface area contributed by atoms with Gasteiger partial charge in [-0.05, 0) is 103 Å². The van der Waals surface area contributed by atoms with Crippen molar-refractivity contribution < 1.29 is 23.9 Å². The molecule has 0 bridgehead atoms. The lowest BCUT2D eigenvalue weighted by atomic mass is 9.88. The summed E-state index contributed by atoms with van der Waals surface area (Å²) < 4.78 is 11.4. The lowest BCUT2D eigenvalue weighted by Crippen LogP contribution is -2.44. The van der Waals surface area contributed by atoms with Crippen molar-refractivity contribution in [3.8, 4) is 0 Å². The summed E-state index contributed by atoms with van der Waals surface area (Å²) in [6.07, 6.45) is 13.6. The Hall–Kier alpha value is -2.97. The Morgan fingerprint density at radius 2 is 1.38 bits per heavy atom. The van der Waals surface area contributed by atoms with Gasteiger partial charge >= 0.3 is 12.1 Å². The summed E-state index contributed by atoms with van der Waals surface area (Å²) in [4.78, 5) is 41.2. The van der Waals surface area contributed by atoms with E-state index in [0.29, 0.717) is 32.4 Å². The van der Waals surface area contributed by atoms with E-state index >= 15 is 0 Å². The van der Waals surface area contributed by atoms with Gasteiger partial charge in [0, 0.05) is 12.1 Å². The molecule has 47 heavy (non-hydrogen) atoms. The Balaban J connectivity index is 2.35. The number of nitrogens with two attached hydrogens (primary N) is 1. The number of alkyl carbamates (subject to hydrolysis) is 1. The minimum absolute atomic E-state index is 0.238. The molecule has 1 atom stereocenters. The molecule has 0 aliphatic heterocycles. The van der Waals surface area contributed by atoms with Crippen molar-refractivity contribution in [1.29, 1.82) is 0 Å². The highest BCUT2D eigenvalue weighted by atomic mass is 16.6. The molecule has 4 N–H and O–H groups in total. The highest BCUT2D eigenvalue weighted by Gasteiger charge is 2.32. The fourth-order valence-electron chi connectivity index (χ4n) is 5.71. The van der Waals surface area contributed by atoms with Crippen molar-refractivity contribution in [2.24, 2.45) is 5.73 Å². The van der Waals surface area contributed by atoms with Crippen LogP contribution < -0.4 is 16.4 Å². The zero-order valence-corrected chi connectivity index (χ0v) is 30.4. The third-order valence-electron chi connectivity index (χ3n) is 7.99. The maximum atomic E-state index is 14.4. The Kier molecular flexibility index (Phi) is 17.5. The number of nitrogens with one attached hydrogen (secondary N) is 2. The summed E-state index contributed by atoms with van der Waals surface area (Å²) >= 11 is 0. The predicted molar refractivity (Wildman–Crippen MR) is 193 cm³/mol. The molecule has 0 unspecified atom stereocenters. The molecule has 264 valence electrons. The normalized spacial score (nSPS) is 12.6. The summed E-state index contributed by atoms with van der Waals surface area (Å²) in [5.41, 5.74) is 5.46. The first-order valence-corrected chi connectivity index (χ1v) is 18.0. The summed E-state index contributed by atoms with van der Waals surface area (Å²) in [6, 6.07) is 8.64. The fourth-order valence-corrected chi connectivity index (χ4v) is 5.71. The number of benzene rings is 2. The van der Waals surface area contributed by atoms with Crippen molar-refractivity contribution >= 4 is 28.6 Å². The number of hydrogen-bond donors (Lipinski definition) is 3. The van der Waals surface area contributed by atoms with E-state index in [0.717, 1.165) is 35.7 Å². The van der Waals surface area contributed by atoms with E-state index in [1.54, 1.807) is 26.8 Å². The first-order valence-electron chi connectivity index (χ1n) is 18.0. The Morgan fingerprint density at radius 3 is 1.98 bits per heavy atom. The maximum absolute atomic E-state index is 14.4. The average Bonchev–Trinajstić information content (AvgIpc) is 2.98. The third-order valence-corrected chi connectivity index (χ3v) is 7.99. The second-order valence-electron chi connectivity index (χ2n) is 14.7. The van der Waals surface area contributed by atoms with Gasteiger partial charge in [-0.25, -0.2) is 9.59 Å². The Bertz CT molecular complexity index is 1260. The second kappa shape index (κ2) is 20.4. The number of rotatable bonds is 21. The van der Waals surface area contributed by atoms with Gasteiger partial charge in [0.25, 0.3) is 0 Å². The lowest BCUT2D eigenvalue weighted by Gasteiger charge is -2.26. The van der Waals surface area contributed by atoms with Crippen LogP contribution in [-0.2, 0) is 16.0 Å². The van der Waals surface area contributed by atoms with Gasteiger partial charge in [-0.15, -0.1) is 0 Å². The van der Waals surface area contributed by atoms with Crippen LogP contribution >= 0.6 is 0 Å². The molecule has 1 amide bonds. The SMILES string of the molecule is CCCCCCCCCCCCNCc1c(C(=O)OC(C)(C)C)c(C(=O)[C@H](CCCCN)NC(=O)OC(C)(C)C)cc2ccccc12. The van der Waals surface area contributed by atoms with Crippen LogP contribution in [0.1, 0.15) is 158 Å². The van der Waals surface area contributed by atoms with Crippen molar-refractivity contribution in [2.75, 3.05) is 13.1 Å². The zero-order valence-electron chi connectivity index (χ0n) is 30.4. The van der Waals surface area contributed by atoms with Crippen LogP contribution in [0.2, 0.25) is 0 Å². The number of hydrogen-bond acceptors (Lipinski definition) is 7. The van der Waals surface area contributed by atoms with E-state index in [4.69, 9.17) is 15.2 Å². The minimum Gasteiger partial charge on any atom is -0.456 e. The molecule has 0 spiro atoms. The largest absolute Gasteiger partial charge is 0.456 e. The third kappa shape index (κ3) is 15.2. The van der Waals surface area contributed by atoms with Crippen LogP contribution in [0, 0.1) is 0 Å². The molecule has 8 heteroatoms. The van der Waals surface area contributed by atoms with Crippen LogP contribution in [0.25, 0.3) is 10.8 Å². The molecule has 0 saturated carbocycles. The maximum Gasteiger partial charge on any atom is 0.408 e. The van der Waals surface area contributed by atoms with Gasteiger partial charge in [0.05, 0.1) is 11.6 Å². The van der Waals surface area contributed by atoms with E-state index in [1.807, 2.05) is 45.0 Å². The first-order chi connectivity index (χ1) is 22.3. The number of unbranched alkanes of at least 4 members (excludes halogenated alkanes) is 10. The first kappa shape index (κ1) is 40.2. The van der Waals surface area contributed by atoms with E-state index in [2.05, 4.69) is 17.6 Å². The fraction of sp³-hybridized carbons (Fsp3) is 0.667. The van der Waals surface area contributed by atoms with Crippen LogP contribution in [0.3, 0.4) is 0 Å². The highest BCUT2D eigenvalue weighted by molar-refractivity contribution is 6.13. The van der Waals surface area contributed by atoms with E-state index < -0.39 is 29.3 Å². The van der Waals surface area contributed by atoms with Crippen LogP contribution in [-0.4, -0.2) is 48.2 Å². The van der Waals surface area contributed by atoms with Gasteiger partial charge in [0.1, 0.15) is 11.2 Å². The summed E-state index contributed by atoms with van der Waals surface area (Å²) in [7, 11) is 0. The van der Waals surface area contributed by atoms with Gasteiger partial charge in [0.2, 0.25) is 0 Å². The molecule has 8 nitrogen and oxygen atoms in total. The number of carbonyl (C=O) groups excluding carboxylic acids is 3. The average molecular weight is 654 g/mol. The van der Waals surface area contributed by atoms with Crippen molar-refractivity contribution in [1.82, 2.24) is 10.6 Å². The quantitative estimate of drug-likeness (QED) is 0.0699. The number of esters is 1. The van der Waals surface area contributed by atoms with Crippen molar-refractivity contribution in [3.63, 3.8) is 0 Å². The number of carbonyl (C=O) groups is 3. The van der Waals surface area contributed by atoms with E-state index in [-0.39, 0.29) is 16.9 Å². The molecule has 0 aliphatic rings. The molecule has 0 radical (unpaired) electrons. The molecule has 0 fully saturated rings.